The number of unbranched alkanes of at least 4 members (excludes halogenated alkanes) is 2. The molecule has 1 saturated carbocycles. The van der Waals surface area contributed by atoms with E-state index in [2.05, 4.69) is 175 Å². The zero-order valence-corrected chi connectivity index (χ0v) is 34.4. The van der Waals surface area contributed by atoms with Crippen LogP contribution in [0.25, 0.3) is 11.1 Å². The van der Waals surface area contributed by atoms with E-state index in [1.165, 1.54) is 84.2 Å². The topological polar surface area (TPSA) is 60.0 Å². The highest BCUT2D eigenvalue weighted by atomic mass is 31.2. The molecule has 0 N–H and O–H groups in total. The van der Waals surface area contributed by atoms with Crippen LogP contribution in [0.2, 0.25) is 0 Å². The standard InChI is InChI=1S/C30H38N2O.C22H21NP/c31-21-9-3-1-2-8-14-28-29(32-22-10-5-11-23-32)19-20-30(28)33-24-25-15-17-27(18-16-25)26-12-6-4-7-13-26;23-18-10-11-19-24(20-12-4-1-5-13-20,21-14-6-2-7-15-21)22-16-8-3-9-17-22/h1-2,4,6-7,12-13,15-18,28-30H,3,5,8-11,14,19-20,22-24H2;1-9,12-17H,10-11,19H2/q;+1/b2-1-;/t28-,29+,30+;/m1./s1. The molecule has 2 aliphatic rings. The first kappa shape index (κ1) is 41.8. The third-order valence-corrected chi connectivity index (χ3v) is 16.3. The summed E-state index contributed by atoms with van der Waals surface area (Å²) < 4.78 is 6.57. The lowest BCUT2D eigenvalue weighted by Gasteiger charge is -2.37. The van der Waals surface area contributed by atoms with Gasteiger partial charge in [-0.25, -0.2) is 0 Å². The fourth-order valence-electron chi connectivity index (χ4n) is 8.88. The summed E-state index contributed by atoms with van der Waals surface area (Å²) in [7, 11) is -1.73. The Hall–Kier alpha value is -4.83. The van der Waals surface area contributed by atoms with E-state index in [1.54, 1.807) is 0 Å². The first-order chi connectivity index (χ1) is 28.2. The zero-order valence-electron chi connectivity index (χ0n) is 33.5. The fraction of sp³-hybridized carbons (Fsp3) is 0.346. The minimum Gasteiger partial charge on any atom is -0.373 e. The summed E-state index contributed by atoms with van der Waals surface area (Å²) in [5.41, 5.74) is 3.77. The van der Waals surface area contributed by atoms with Crippen molar-refractivity contribution in [2.45, 2.75) is 89.4 Å². The molecule has 0 spiro atoms. The number of likely N-dealkylation sites (tertiary alicyclic amines) is 1. The quantitative estimate of drug-likeness (QED) is 0.0569. The highest BCUT2D eigenvalue weighted by Gasteiger charge is 2.44. The zero-order chi connectivity index (χ0) is 39.4. The van der Waals surface area contributed by atoms with Gasteiger partial charge in [0, 0.05) is 24.8 Å². The molecule has 1 saturated heterocycles. The van der Waals surface area contributed by atoms with E-state index in [9.17, 15) is 0 Å². The number of ether oxygens (including phenoxy) is 1. The van der Waals surface area contributed by atoms with E-state index in [4.69, 9.17) is 15.3 Å². The second-order valence-corrected chi connectivity index (χ2v) is 19.0. The number of allylic oxidation sites excluding steroid dienone is 2. The smallest absolute Gasteiger partial charge is 0.112 e. The van der Waals surface area contributed by atoms with Crippen LogP contribution >= 0.6 is 7.26 Å². The Morgan fingerprint density at radius 2 is 1.12 bits per heavy atom. The van der Waals surface area contributed by atoms with Gasteiger partial charge in [0.05, 0.1) is 31.0 Å². The van der Waals surface area contributed by atoms with Crippen molar-refractivity contribution in [2.75, 3.05) is 19.3 Å². The number of nitriles is 2. The Bertz CT molecular complexity index is 1890. The number of hydrogen-bond donors (Lipinski definition) is 0. The second-order valence-electron chi connectivity index (χ2n) is 15.4. The molecule has 0 amide bonds. The highest BCUT2D eigenvalue weighted by Crippen LogP contribution is 2.55. The SMILES string of the molecule is N#CCC/C=C\CC[C@H]1[C@@H](OCc2ccc(-c3ccccc3)cc2)CC[C@@H]1N1CCCCC1.N#CCCC[P+](c1ccccc1)(c1ccccc1)c1ccccc1. The van der Waals surface area contributed by atoms with E-state index in [1.807, 2.05) is 0 Å². The van der Waals surface area contributed by atoms with E-state index >= 15 is 0 Å². The molecule has 292 valence electrons. The number of hydrogen-bond acceptors (Lipinski definition) is 4. The Morgan fingerprint density at radius 1 is 0.596 bits per heavy atom. The minimum atomic E-state index is -1.73. The van der Waals surface area contributed by atoms with Gasteiger partial charge in [-0.3, -0.25) is 0 Å². The van der Waals surface area contributed by atoms with Crippen molar-refractivity contribution in [3.63, 3.8) is 0 Å². The average molecular weight is 773 g/mol. The van der Waals surface area contributed by atoms with Crippen molar-refractivity contribution in [3.05, 3.63) is 163 Å². The first-order valence-corrected chi connectivity index (χ1v) is 23.1. The second kappa shape index (κ2) is 22.8. The van der Waals surface area contributed by atoms with E-state index in [0.29, 0.717) is 37.5 Å². The molecule has 2 fully saturated rings. The number of benzene rings is 5. The molecule has 3 atom stereocenters. The van der Waals surface area contributed by atoms with Gasteiger partial charge in [-0.05, 0) is 118 Å². The van der Waals surface area contributed by atoms with Gasteiger partial charge in [0.15, 0.2) is 0 Å². The Labute approximate surface area is 343 Å². The maximum Gasteiger partial charge on any atom is 0.112 e. The van der Waals surface area contributed by atoms with Crippen LogP contribution in [0.4, 0.5) is 0 Å². The number of rotatable bonds is 16. The molecule has 57 heavy (non-hydrogen) atoms. The summed E-state index contributed by atoms with van der Waals surface area (Å²) >= 11 is 0. The van der Waals surface area contributed by atoms with Gasteiger partial charge in [-0.15, -0.1) is 0 Å². The summed E-state index contributed by atoms with van der Waals surface area (Å²) in [4.78, 5) is 2.76. The van der Waals surface area contributed by atoms with Crippen LogP contribution in [-0.2, 0) is 11.3 Å². The predicted octanol–water partition coefficient (Wildman–Crippen LogP) is 11.4. The third-order valence-electron chi connectivity index (χ3n) is 11.7. The molecule has 0 unspecified atom stereocenters. The maximum atomic E-state index is 9.04. The van der Waals surface area contributed by atoms with Crippen molar-refractivity contribution in [1.82, 2.24) is 4.90 Å². The predicted molar refractivity (Wildman–Crippen MR) is 240 cm³/mol. The van der Waals surface area contributed by atoms with Gasteiger partial charge >= 0.3 is 0 Å². The van der Waals surface area contributed by atoms with Crippen LogP contribution in [0.15, 0.2) is 158 Å². The van der Waals surface area contributed by atoms with Crippen molar-refractivity contribution in [1.29, 1.82) is 10.5 Å². The van der Waals surface area contributed by atoms with Crippen LogP contribution in [0.1, 0.15) is 76.2 Å². The average Bonchev–Trinajstić information content (AvgIpc) is 3.70. The lowest BCUT2D eigenvalue weighted by molar-refractivity contribution is -0.00352. The van der Waals surface area contributed by atoms with Crippen LogP contribution in [0, 0.1) is 28.6 Å². The normalized spacial score (nSPS) is 18.3. The van der Waals surface area contributed by atoms with E-state index in [-0.39, 0.29) is 0 Å². The van der Waals surface area contributed by atoms with Gasteiger partial charge in [0.2, 0.25) is 0 Å². The summed E-state index contributed by atoms with van der Waals surface area (Å²) in [5, 5.41) is 21.9. The third kappa shape index (κ3) is 11.6. The molecule has 5 aromatic carbocycles. The van der Waals surface area contributed by atoms with Gasteiger partial charge in [-0.1, -0.05) is 128 Å². The van der Waals surface area contributed by atoms with Crippen LogP contribution in [0.5, 0.6) is 0 Å². The molecule has 1 heterocycles. The van der Waals surface area contributed by atoms with Crippen molar-refractivity contribution < 1.29 is 4.74 Å². The molecule has 5 aromatic rings. The molecule has 7 rings (SSSR count). The first-order valence-electron chi connectivity index (χ1n) is 21.2. The Balaban J connectivity index is 0.000000203. The van der Waals surface area contributed by atoms with Crippen molar-refractivity contribution >= 4 is 23.2 Å². The molecule has 0 aromatic heterocycles. The molecule has 4 nitrogen and oxygen atoms in total. The summed E-state index contributed by atoms with van der Waals surface area (Å²) in [5.74, 6) is 0.604. The molecular formula is C52H59N3OP+. The van der Waals surface area contributed by atoms with Gasteiger partial charge < -0.3 is 9.64 Å². The van der Waals surface area contributed by atoms with Gasteiger partial charge in [-0.2, -0.15) is 10.5 Å². The lowest BCUT2D eigenvalue weighted by atomic mass is 9.93. The number of nitrogens with zero attached hydrogens (tertiary/aromatic N) is 3. The largest absolute Gasteiger partial charge is 0.373 e. The van der Waals surface area contributed by atoms with Crippen molar-refractivity contribution in [3.8, 4) is 23.3 Å². The maximum absolute atomic E-state index is 9.04. The van der Waals surface area contributed by atoms with Crippen LogP contribution in [-0.4, -0.2) is 36.3 Å². The van der Waals surface area contributed by atoms with Gasteiger partial charge in [0.25, 0.3) is 0 Å². The fourth-order valence-corrected chi connectivity index (χ4v) is 13.2. The summed E-state index contributed by atoms with van der Waals surface area (Å²) in [6, 6.07) is 57.1. The molecule has 1 aliphatic heterocycles. The monoisotopic (exact) mass is 772 g/mol. The number of piperidine rings is 1. The summed E-state index contributed by atoms with van der Waals surface area (Å²) in [6.07, 6.45) is 17.6. The van der Waals surface area contributed by atoms with E-state index < -0.39 is 7.26 Å². The summed E-state index contributed by atoms with van der Waals surface area (Å²) in [6.45, 7) is 3.21. The molecule has 1 aliphatic carbocycles. The van der Waals surface area contributed by atoms with Crippen LogP contribution in [0.3, 0.4) is 0 Å². The van der Waals surface area contributed by atoms with E-state index in [0.717, 1.165) is 25.4 Å². The minimum absolute atomic E-state index is 0.346. The molecular weight excluding hydrogens is 714 g/mol. The van der Waals surface area contributed by atoms with Gasteiger partial charge in [0.1, 0.15) is 23.2 Å². The molecule has 5 heteroatoms. The Kier molecular flexibility index (Phi) is 16.7. The molecule has 0 radical (unpaired) electrons. The Morgan fingerprint density at radius 3 is 1.68 bits per heavy atom. The highest BCUT2D eigenvalue weighted by molar-refractivity contribution is 7.95. The van der Waals surface area contributed by atoms with Crippen molar-refractivity contribution in [2.24, 2.45) is 5.92 Å². The van der Waals surface area contributed by atoms with Crippen LogP contribution < -0.4 is 15.9 Å². The lowest BCUT2D eigenvalue weighted by Crippen LogP contribution is -2.43. The molecule has 0 bridgehead atoms.